The third kappa shape index (κ3) is 5.51. The summed E-state index contributed by atoms with van der Waals surface area (Å²) >= 11 is 0.991. The van der Waals surface area contributed by atoms with Gasteiger partial charge in [0.2, 0.25) is 0 Å². The van der Waals surface area contributed by atoms with Gasteiger partial charge in [0.15, 0.2) is 23.2 Å². The lowest BCUT2D eigenvalue weighted by Crippen LogP contribution is -2.30. The number of rotatable bonds is 5. The molecule has 6 nitrogen and oxygen atoms in total. The molecule has 152 valence electrons. The van der Waals surface area contributed by atoms with Gasteiger partial charge in [-0.15, -0.1) is 11.3 Å². The van der Waals surface area contributed by atoms with Crippen LogP contribution in [0.5, 0.6) is 11.5 Å². The molecule has 0 radical (unpaired) electrons. The average Bonchev–Trinajstić information content (AvgIpc) is 3.01. The number of aromatic nitrogens is 1. The van der Waals surface area contributed by atoms with Crippen molar-refractivity contribution in [2.45, 2.75) is 25.9 Å². The van der Waals surface area contributed by atoms with Crippen molar-refractivity contribution >= 4 is 23.0 Å². The van der Waals surface area contributed by atoms with Crippen LogP contribution >= 0.6 is 11.3 Å². The van der Waals surface area contributed by atoms with Crippen LogP contribution in [0, 0.1) is 0 Å². The number of fused-ring (bicyclic) bond motifs is 1. The lowest BCUT2D eigenvalue weighted by Gasteiger charge is -2.13. The molecule has 1 aromatic carbocycles. The lowest BCUT2D eigenvalue weighted by atomic mass is 10.3. The molecule has 28 heavy (non-hydrogen) atoms. The SMILES string of the molecule is CCNC(=NCCc1nc(C(F)(F)F)cs1)Nc1ccc2c(c1)OCCCO2. The molecule has 0 aliphatic carbocycles. The maximum absolute atomic E-state index is 12.6. The number of anilines is 1. The zero-order valence-corrected chi connectivity index (χ0v) is 16.1. The molecule has 0 fully saturated rings. The van der Waals surface area contributed by atoms with Gasteiger partial charge in [-0.1, -0.05) is 0 Å². The second-order valence-corrected chi connectivity index (χ2v) is 6.91. The summed E-state index contributed by atoms with van der Waals surface area (Å²) in [5.41, 5.74) is -0.0775. The van der Waals surface area contributed by atoms with Crippen molar-refractivity contribution in [1.82, 2.24) is 10.3 Å². The fraction of sp³-hybridized carbons (Fsp3) is 0.444. The van der Waals surface area contributed by atoms with Gasteiger partial charge in [-0.05, 0) is 19.1 Å². The number of guanidine groups is 1. The number of hydrogen-bond acceptors (Lipinski definition) is 5. The zero-order valence-electron chi connectivity index (χ0n) is 15.3. The van der Waals surface area contributed by atoms with Crippen LogP contribution in [0.2, 0.25) is 0 Å². The van der Waals surface area contributed by atoms with E-state index in [0.717, 1.165) is 28.8 Å². The summed E-state index contributed by atoms with van der Waals surface area (Å²) in [6.07, 6.45) is -3.25. The highest BCUT2D eigenvalue weighted by molar-refractivity contribution is 7.09. The monoisotopic (exact) mass is 414 g/mol. The number of thiazole rings is 1. The van der Waals surface area contributed by atoms with Gasteiger partial charge in [-0.2, -0.15) is 13.2 Å². The van der Waals surface area contributed by atoms with Crippen LogP contribution < -0.4 is 20.1 Å². The van der Waals surface area contributed by atoms with Crippen LogP contribution in [0.1, 0.15) is 24.0 Å². The summed E-state index contributed by atoms with van der Waals surface area (Å²) in [5, 5.41) is 7.71. The van der Waals surface area contributed by atoms with Crippen molar-refractivity contribution in [3.05, 3.63) is 34.3 Å². The number of ether oxygens (including phenoxy) is 2. The van der Waals surface area contributed by atoms with E-state index >= 15 is 0 Å². The van der Waals surface area contributed by atoms with Gasteiger partial charge in [-0.25, -0.2) is 4.98 Å². The van der Waals surface area contributed by atoms with E-state index in [2.05, 4.69) is 20.6 Å². The van der Waals surface area contributed by atoms with E-state index < -0.39 is 11.9 Å². The molecule has 0 bridgehead atoms. The van der Waals surface area contributed by atoms with Crippen LogP contribution in [0.4, 0.5) is 18.9 Å². The predicted octanol–water partition coefficient (Wildman–Crippen LogP) is 3.94. The van der Waals surface area contributed by atoms with Crippen LogP contribution in [-0.2, 0) is 12.6 Å². The molecule has 0 unspecified atom stereocenters. The average molecular weight is 414 g/mol. The highest BCUT2D eigenvalue weighted by atomic mass is 32.1. The Bertz CT molecular complexity index is 823. The van der Waals surface area contributed by atoms with Crippen LogP contribution in [0.25, 0.3) is 0 Å². The summed E-state index contributed by atoms with van der Waals surface area (Å²) in [4.78, 5) is 8.03. The van der Waals surface area contributed by atoms with E-state index in [9.17, 15) is 13.2 Å². The summed E-state index contributed by atoms with van der Waals surface area (Å²) in [6.45, 7) is 4.10. The normalized spacial score (nSPS) is 14.5. The minimum absolute atomic E-state index is 0.310. The summed E-state index contributed by atoms with van der Waals surface area (Å²) < 4.78 is 49.1. The number of aliphatic imine (C=N–C) groups is 1. The Kier molecular flexibility index (Phi) is 6.61. The predicted molar refractivity (Wildman–Crippen MR) is 102 cm³/mol. The largest absolute Gasteiger partial charge is 0.490 e. The molecule has 2 heterocycles. The minimum atomic E-state index is -4.41. The fourth-order valence-electron chi connectivity index (χ4n) is 2.50. The van der Waals surface area contributed by atoms with E-state index in [-0.39, 0.29) is 0 Å². The van der Waals surface area contributed by atoms with E-state index in [4.69, 9.17) is 9.47 Å². The third-order valence-electron chi connectivity index (χ3n) is 3.79. The van der Waals surface area contributed by atoms with Crippen molar-refractivity contribution in [3.8, 4) is 11.5 Å². The topological polar surface area (TPSA) is 67.8 Å². The van der Waals surface area contributed by atoms with Gasteiger partial charge < -0.3 is 20.1 Å². The van der Waals surface area contributed by atoms with Gasteiger partial charge in [-0.3, -0.25) is 4.99 Å². The second kappa shape index (κ2) is 9.13. The Morgan fingerprint density at radius 1 is 1.25 bits per heavy atom. The molecule has 2 aromatic rings. The van der Waals surface area contributed by atoms with Crippen molar-refractivity contribution in [2.75, 3.05) is 31.6 Å². The van der Waals surface area contributed by atoms with Gasteiger partial charge in [0.05, 0.1) is 18.2 Å². The molecule has 0 spiro atoms. The summed E-state index contributed by atoms with van der Waals surface area (Å²) in [6, 6.07) is 5.53. The van der Waals surface area contributed by atoms with Crippen LogP contribution in [-0.4, -0.2) is 37.2 Å². The highest BCUT2D eigenvalue weighted by Gasteiger charge is 2.33. The Hall–Kier alpha value is -2.49. The van der Waals surface area contributed by atoms with Gasteiger partial charge in [0, 0.05) is 43.1 Å². The van der Waals surface area contributed by atoms with Crippen molar-refractivity contribution < 1.29 is 22.6 Å². The number of halogens is 3. The van der Waals surface area contributed by atoms with Gasteiger partial charge in [0.25, 0.3) is 0 Å². The van der Waals surface area contributed by atoms with Crippen LogP contribution in [0.15, 0.2) is 28.6 Å². The summed E-state index contributed by atoms with van der Waals surface area (Å²) in [7, 11) is 0. The molecule has 0 amide bonds. The van der Waals surface area contributed by atoms with E-state index in [1.165, 1.54) is 0 Å². The van der Waals surface area contributed by atoms with E-state index in [1.54, 1.807) is 0 Å². The quantitative estimate of drug-likeness (QED) is 0.573. The van der Waals surface area contributed by atoms with Crippen molar-refractivity contribution in [2.24, 2.45) is 4.99 Å². The molecule has 3 rings (SSSR count). The van der Waals surface area contributed by atoms with E-state index in [1.807, 2.05) is 25.1 Å². The molecule has 0 saturated carbocycles. The number of benzene rings is 1. The molecule has 0 atom stereocenters. The van der Waals surface area contributed by atoms with Crippen molar-refractivity contribution in [1.29, 1.82) is 0 Å². The third-order valence-corrected chi connectivity index (χ3v) is 4.70. The first-order valence-electron chi connectivity index (χ1n) is 8.92. The number of nitrogens with one attached hydrogen (secondary N) is 2. The summed E-state index contributed by atoms with van der Waals surface area (Å²) in [5.74, 6) is 1.90. The number of hydrogen-bond donors (Lipinski definition) is 2. The standard InChI is InChI=1S/C18H21F3N4O2S/c1-2-22-17(23-7-6-16-25-15(11-28-16)18(19,20)21)24-12-4-5-13-14(10-12)27-9-3-8-26-13/h4-5,10-11H,2-3,6-9H2,1H3,(H2,22,23,24). The first kappa shape index (κ1) is 20.2. The van der Waals surface area contributed by atoms with Crippen LogP contribution in [0.3, 0.4) is 0 Å². The molecule has 10 heteroatoms. The smallest absolute Gasteiger partial charge is 0.434 e. The molecule has 1 aliphatic rings. The first-order chi connectivity index (χ1) is 13.5. The fourth-order valence-corrected chi connectivity index (χ4v) is 3.30. The number of nitrogens with zero attached hydrogens (tertiary/aromatic N) is 2. The molecular formula is C18H21F3N4O2S. The Labute approximate surface area is 164 Å². The second-order valence-electron chi connectivity index (χ2n) is 5.97. The molecule has 0 saturated heterocycles. The molecule has 2 N–H and O–H groups in total. The Morgan fingerprint density at radius 3 is 2.75 bits per heavy atom. The lowest BCUT2D eigenvalue weighted by molar-refractivity contribution is -0.140. The molecular weight excluding hydrogens is 393 g/mol. The maximum Gasteiger partial charge on any atom is 0.434 e. The Morgan fingerprint density at radius 2 is 2.04 bits per heavy atom. The van der Waals surface area contributed by atoms with Gasteiger partial charge >= 0.3 is 6.18 Å². The highest BCUT2D eigenvalue weighted by Crippen LogP contribution is 2.32. The minimum Gasteiger partial charge on any atom is -0.490 e. The van der Waals surface area contributed by atoms with E-state index in [0.29, 0.717) is 55.2 Å². The zero-order chi connectivity index (χ0) is 20.0. The Balaban J connectivity index is 1.63. The van der Waals surface area contributed by atoms with Gasteiger partial charge in [0.1, 0.15) is 0 Å². The van der Waals surface area contributed by atoms with Crippen molar-refractivity contribution in [3.63, 3.8) is 0 Å². The molecule has 1 aliphatic heterocycles. The maximum atomic E-state index is 12.6. The first-order valence-corrected chi connectivity index (χ1v) is 9.80. The number of alkyl halides is 3. The molecule has 1 aromatic heterocycles.